The van der Waals surface area contributed by atoms with Crippen molar-refractivity contribution in [3.05, 3.63) is 120 Å². The van der Waals surface area contributed by atoms with E-state index < -0.39 is 0 Å². The van der Waals surface area contributed by atoms with Crippen molar-refractivity contribution in [2.24, 2.45) is 0 Å². The highest BCUT2D eigenvalue weighted by molar-refractivity contribution is 5.34. The molecule has 0 N–H and O–H groups in total. The van der Waals surface area contributed by atoms with Crippen LogP contribution < -0.4 is 9.47 Å². The molecule has 0 spiro atoms. The highest BCUT2D eigenvalue weighted by Crippen LogP contribution is 2.23. The minimum Gasteiger partial charge on any atom is -0.457 e. The molecule has 0 radical (unpaired) electrons. The fraction of sp³-hybridized carbons (Fsp3) is 0.273. The van der Waals surface area contributed by atoms with Crippen molar-refractivity contribution in [3.8, 4) is 23.0 Å². The second-order valence-corrected chi connectivity index (χ2v) is 6.97. The van der Waals surface area contributed by atoms with Gasteiger partial charge in [-0.15, -0.1) is 0 Å². The minimum atomic E-state index is 0. The lowest BCUT2D eigenvalue weighted by Crippen LogP contribution is -1.91. The first-order valence-electron chi connectivity index (χ1n) is 12.0. The zero-order chi connectivity index (χ0) is 23.7. The van der Waals surface area contributed by atoms with Gasteiger partial charge in [-0.25, -0.2) is 0 Å². The Morgan fingerprint density at radius 1 is 0.400 bits per heavy atom. The van der Waals surface area contributed by atoms with E-state index in [0.29, 0.717) is 0 Å². The lowest BCUT2D eigenvalue weighted by molar-refractivity contribution is 0.482. The van der Waals surface area contributed by atoms with E-state index in [-0.39, 0.29) is 14.9 Å². The maximum Gasteiger partial charge on any atom is 0.127 e. The van der Waals surface area contributed by atoms with Gasteiger partial charge in [0.05, 0.1) is 0 Å². The highest BCUT2D eigenvalue weighted by Gasteiger charge is 2.01. The maximum atomic E-state index is 5.85. The van der Waals surface area contributed by atoms with Crippen molar-refractivity contribution in [2.45, 2.75) is 61.8 Å². The molecule has 188 valence electrons. The predicted octanol–water partition coefficient (Wildman–Crippen LogP) is 10.8. The number of benzene rings is 4. The second kappa shape index (κ2) is 18.9. The van der Waals surface area contributed by atoms with E-state index in [2.05, 4.69) is 24.3 Å². The summed E-state index contributed by atoms with van der Waals surface area (Å²) in [6.07, 6.45) is 3.21. The maximum absolute atomic E-state index is 5.85. The summed E-state index contributed by atoms with van der Waals surface area (Å²) < 4.78 is 11.7. The van der Waals surface area contributed by atoms with Crippen molar-refractivity contribution in [2.75, 3.05) is 0 Å². The van der Waals surface area contributed by atoms with E-state index in [0.717, 1.165) is 42.3 Å². The van der Waals surface area contributed by atoms with Crippen LogP contribution in [0.15, 0.2) is 109 Å². The third kappa shape index (κ3) is 11.4. The molecule has 0 aliphatic rings. The molecule has 0 aliphatic carbocycles. The third-order valence-corrected chi connectivity index (χ3v) is 4.74. The van der Waals surface area contributed by atoms with E-state index in [1.165, 1.54) is 11.1 Å². The number of rotatable bonds is 8. The molecule has 0 amide bonds. The van der Waals surface area contributed by atoms with E-state index in [1.54, 1.807) is 0 Å². The Morgan fingerprint density at radius 2 is 0.686 bits per heavy atom. The Morgan fingerprint density at radius 3 is 1.00 bits per heavy atom. The van der Waals surface area contributed by atoms with E-state index >= 15 is 0 Å². The van der Waals surface area contributed by atoms with Gasteiger partial charge in [-0.2, -0.15) is 0 Å². The molecule has 4 rings (SSSR count). The third-order valence-electron chi connectivity index (χ3n) is 4.74. The molecular formula is C33H44O2. The summed E-state index contributed by atoms with van der Waals surface area (Å²) in [5, 5.41) is 0. The first-order valence-corrected chi connectivity index (χ1v) is 12.0. The molecule has 0 bridgehead atoms. The van der Waals surface area contributed by atoms with E-state index in [9.17, 15) is 0 Å². The molecule has 0 saturated carbocycles. The molecule has 0 heterocycles. The quantitative estimate of drug-likeness (QED) is 0.254. The van der Waals surface area contributed by atoms with Crippen LogP contribution in [0.25, 0.3) is 0 Å². The van der Waals surface area contributed by atoms with Crippen LogP contribution in [-0.4, -0.2) is 0 Å². The molecule has 35 heavy (non-hydrogen) atoms. The van der Waals surface area contributed by atoms with Gasteiger partial charge in [0.1, 0.15) is 23.0 Å². The van der Waals surface area contributed by atoms with Gasteiger partial charge < -0.3 is 9.47 Å². The normalized spacial score (nSPS) is 9.03. The zero-order valence-electron chi connectivity index (χ0n) is 20.3. The van der Waals surface area contributed by atoms with Gasteiger partial charge in [-0.3, -0.25) is 0 Å². The van der Waals surface area contributed by atoms with Crippen molar-refractivity contribution in [1.82, 2.24) is 0 Å². The first-order chi connectivity index (χ1) is 16.3. The Labute approximate surface area is 214 Å². The fourth-order valence-corrected chi connectivity index (χ4v) is 3.19. The van der Waals surface area contributed by atoms with E-state index in [1.807, 2.05) is 113 Å². The fourth-order valence-electron chi connectivity index (χ4n) is 3.19. The van der Waals surface area contributed by atoms with Crippen LogP contribution >= 0.6 is 0 Å². The summed E-state index contributed by atoms with van der Waals surface area (Å²) in [5.74, 6) is 3.46. The monoisotopic (exact) mass is 472 g/mol. The summed E-state index contributed by atoms with van der Waals surface area (Å²) in [5.41, 5.74) is 2.66. The molecule has 4 aromatic carbocycles. The summed E-state index contributed by atoms with van der Waals surface area (Å²) in [6, 6.07) is 36.5. The van der Waals surface area contributed by atoms with Gasteiger partial charge in [0, 0.05) is 0 Å². The molecule has 0 unspecified atom stereocenters. The van der Waals surface area contributed by atoms with Crippen LogP contribution in [0, 0.1) is 0 Å². The van der Waals surface area contributed by atoms with Gasteiger partial charge in [-0.05, 0) is 78.9 Å². The van der Waals surface area contributed by atoms with Gasteiger partial charge in [-0.1, -0.05) is 103 Å². The molecule has 2 heteroatoms. The lowest BCUT2D eigenvalue weighted by atomic mass is 10.0. The van der Waals surface area contributed by atoms with Crippen LogP contribution in [0.5, 0.6) is 23.0 Å². The number of para-hydroxylation sites is 2. The highest BCUT2D eigenvalue weighted by atomic mass is 16.5. The number of hydrogen-bond acceptors (Lipinski definition) is 2. The standard InChI is InChI=1S/C27H24O2.2C2H6.2CH4/c1-3-10-24(11-4-1)28-26-18-14-22(15-19-26)8-7-9-23-16-20-27(21-17-23)29-25-12-5-2-6-13-25;2*1-2;;/h1-6,10-21H,7-9H2;2*1-2H3;2*1H4. The van der Waals surface area contributed by atoms with Crippen LogP contribution in [0.2, 0.25) is 0 Å². The summed E-state index contributed by atoms with van der Waals surface area (Å²) in [7, 11) is 0. The van der Waals surface area contributed by atoms with E-state index in [4.69, 9.17) is 9.47 Å². The number of hydrogen-bond donors (Lipinski definition) is 0. The smallest absolute Gasteiger partial charge is 0.127 e. The molecule has 2 nitrogen and oxygen atoms in total. The molecule has 0 aliphatic heterocycles. The Balaban J connectivity index is 0.00000183. The number of aryl methyl sites for hydroxylation is 2. The SMILES string of the molecule is C.C.CC.CC.c1ccc(Oc2ccc(CCCc3ccc(Oc4ccccc4)cc3)cc2)cc1. The second-order valence-electron chi connectivity index (χ2n) is 6.97. The molecule has 4 aromatic rings. The van der Waals surface area contributed by atoms with Crippen LogP contribution in [0.3, 0.4) is 0 Å². The van der Waals surface area contributed by atoms with Crippen LogP contribution in [0.4, 0.5) is 0 Å². The Hall–Kier alpha value is -3.52. The summed E-state index contributed by atoms with van der Waals surface area (Å²) in [4.78, 5) is 0. The average Bonchev–Trinajstić information content (AvgIpc) is 2.90. The zero-order valence-corrected chi connectivity index (χ0v) is 20.3. The molecular weight excluding hydrogens is 428 g/mol. The molecule has 0 fully saturated rings. The first kappa shape index (κ1) is 31.5. The molecule has 0 saturated heterocycles. The van der Waals surface area contributed by atoms with Crippen molar-refractivity contribution in [3.63, 3.8) is 0 Å². The summed E-state index contributed by atoms with van der Waals surface area (Å²) in [6.45, 7) is 8.00. The van der Waals surface area contributed by atoms with Crippen LogP contribution in [-0.2, 0) is 12.8 Å². The Bertz CT molecular complexity index is 907. The molecule has 0 atom stereocenters. The van der Waals surface area contributed by atoms with Gasteiger partial charge in [0.25, 0.3) is 0 Å². The van der Waals surface area contributed by atoms with Gasteiger partial charge in [0.2, 0.25) is 0 Å². The minimum absolute atomic E-state index is 0. The summed E-state index contributed by atoms with van der Waals surface area (Å²) >= 11 is 0. The van der Waals surface area contributed by atoms with Crippen molar-refractivity contribution < 1.29 is 9.47 Å². The van der Waals surface area contributed by atoms with Crippen molar-refractivity contribution in [1.29, 1.82) is 0 Å². The lowest BCUT2D eigenvalue weighted by Gasteiger charge is -2.08. The number of ether oxygens (including phenoxy) is 2. The average molecular weight is 473 g/mol. The van der Waals surface area contributed by atoms with Gasteiger partial charge >= 0.3 is 0 Å². The van der Waals surface area contributed by atoms with Gasteiger partial charge in [0.15, 0.2) is 0 Å². The van der Waals surface area contributed by atoms with Crippen LogP contribution in [0.1, 0.15) is 60.1 Å². The topological polar surface area (TPSA) is 18.5 Å². The largest absolute Gasteiger partial charge is 0.457 e. The van der Waals surface area contributed by atoms with Crippen molar-refractivity contribution >= 4 is 0 Å². The predicted molar refractivity (Wildman–Crippen MR) is 154 cm³/mol. The Kier molecular flexibility index (Phi) is 17.0. The molecule has 0 aromatic heterocycles.